The molecular formula is C36H45N3. The van der Waals surface area contributed by atoms with E-state index in [0.29, 0.717) is 0 Å². The van der Waals surface area contributed by atoms with Gasteiger partial charge >= 0.3 is 0 Å². The molecule has 3 heteroatoms. The first kappa shape index (κ1) is 26.2. The summed E-state index contributed by atoms with van der Waals surface area (Å²) in [5.41, 5.74) is 11.2. The summed E-state index contributed by atoms with van der Waals surface area (Å²) in [6.45, 7) is 18.8. The summed E-state index contributed by atoms with van der Waals surface area (Å²) >= 11 is 0. The Hall–Kier alpha value is -3.07. The third-order valence-corrected chi connectivity index (χ3v) is 9.50. The zero-order valence-corrected chi connectivity index (χ0v) is 25.2. The van der Waals surface area contributed by atoms with Crippen LogP contribution in [0.3, 0.4) is 0 Å². The Morgan fingerprint density at radius 3 is 2.15 bits per heavy atom. The molecule has 6 rings (SSSR count). The van der Waals surface area contributed by atoms with Crippen molar-refractivity contribution < 1.29 is 0 Å². The molecule has 0 amide bonds. The van der Waals surface area contributed by atoms with E-state index < -0.39 is 0 Å². The Labute approximate surface area is 235 Å². The molecule has 0 spiro atoms. The maximum absolute atomic E-state index is 5.43. The van der Waals surface area contributed by atoms with Gasteiger partial charge in [0.05, 0.1) is 11.4 Å². The normalized spacial score (nSPS) is 21.5. The van der Waals surface area contributed by atoms with E-state index in [-0.39, 0.29) is 22.4 Å². The lowest BCUT2D eigenvalue weighted by Crippen LogP contribution is -2.53. The number of amidine groups is 1. The van der Waals surface area contributed by atoms with Gasteiger partial charge in [-0.25, -0.2) is 5.01 Å². The summed E-state index contributed by atoms with van der Waals surface area (Å²) in [5, 5.41) is 7.75. The van der Waals surface area contributed by atoms with E-state index in [1.807, 2.05) is 0 Å². The summed E-state index contributed by atoms with van der Waals surface area (Å²) in [6, 6.07) is 23.0. The van der Waals surface area contributed by atoms with Crippen molar-refractivity contribution in [2.45, 2.75) is 110 Å². The van der Waals surface area contributed by atoms with Crippen molar-refractivity contribution in [1.29, 1.82) is 0 Å². The van der Waals surface area contributed by atoms with Crippen LogP contribution in [0.2, 0.25) is 0 Å². The molecule has 3 nitrogen and oxygen atoms in total. The molecule has 0 aromatic heterocycles. The molecule has 3 aliphatic rings. The monoisotopic (exact) mass is 519 g/mol. The molecule has 0 N–H and O–H groups in total. The summed E-state index contributed by atoms with van der Waals surface area (Å²) in [6.07, 6.45) is 6.10. The molecule has 0 saturated carbocycles. The topological polar surface area (TPSA) is 18.8 Å². The number of unbranched alkanes of at least 4 members (excludes halogenated alkanes) is 1. The molecule has 0 bridgehead atoms. The maximum Gasteiger partial charge on any atom is 0.163 e. The highest BCUT2D eigenvalue weighted by Gasteiger charge is 2.52. The Balaban J connectivity index is 1.70. The lowest BCUT2D eigenvalue weighted by Gasteiger charge is -2.50. The summed E-state index contributed by atoms with van der Waals surface area (Å²) in [7, 11) is 0. The van der Waals surface area contributed by atoms with Crippen LogP contribution in [0.15, 0.2) is 65.8 Å². The average Bonchev–Trinajstić information content (AvgIpc) is 3.29. The van der Waals surface area contributed by atoms with E-state index in [9.17, 15) is 0 Å². The van der Waals surface area contributed by atoms with Gasteiger partial charge in [0.25, 0.3) is 0 Å². The lowest BCUT2D eigenvalue weighted by molar-refractivity contribution is 0.300. The maximum atomic E-state index is 5.43. The second-order valence-electron chi connectivity index (χ2n) is 14.1. The van der Waals surface area contributed by atoms with Gasteiger partial charge in [0.2, 0.25) is 0 Å². The minimum absolute atomic E-state index is 0.0733. The van der Waals surface area contributed by atoms with Crippen molar-refractivity contribution in [3.8, 4) is 11.1 Å². The van der Waals surface area contributed by atoms with Crippen molar-refractivity contribution in [2.24, 2.45) is 5.10 Å². The molecule has 0 aliphatic carbocycles. The molecule has 204 valence electrons. The fourth-order valence-corrected chi connectivity index (χ4v) is 6.98. The van der Waals surface area contributed by atoms with Crippen LogP contribution >= 0.6 is 0 Å². The van der Waals surface area contributed by atoms with Gasteiger partial charge in [0, 0.05) is 16.5 Å². The van der Waals surface area contributed by atoms with Crippen molar-refractivity contribution >= 4 is 17.2 Å². The first-order valence-corrected chi connectivity index (χ1v) is 15.0. The first-order valence-electron chi connectivity index (χ1n) is 15.0. The number of hydrogen-bond donors (Lipinski definition) is 0. The fourth-order valence-electron chi connectivity index (χ4n) is 6.98. The van der Waals surface area contributed by atoms with Gasteiger partial charge in [-0.15, -0.1) is 0 Å². The minimum Gasteiger partial charge on any atom is -0.301 e. The Morgan fingerprint density at radius 2 is 1.51 bits per heavy atom. The van der Waals surface area contributed by atoms with Gasteiger partial charge in [-0.3, -0.25) is 0 Å². The highest BCUT2D eigenvalue weighted by molar-refractivity contribution is 6.22. The Kier molecular flexibility index (Phi) is 6.02. The van der Waals surface area contributed by atoms with Gasteiger partial charge in [0.15, 0.2) is 5.84 Å². The van der Waals surface area contributed by atoms with E-state index in [2.05, 4.69) is 126 Å². The highest BCUT2D eigenvalue weighted by atomic mass is 15.6. The van der Waals surface area contributed by atoms with Gasteiger partial charge in [-0.1, -0.05) is 105 Å². The second-order valence-corrected chi connectivity index (χ2v) is 14.1. The van der Waals surface area contributed by atoms with Crippen molar-refractivity contribution in [1.82, 2.24) is 0 Å². The van der Waals surface area contributed by atoms with Crippen LogP contribution in [0.4, 0.5) is 11.4 Å². The van der Waals surface area contributed by atoms with Crippen LogP contribution in [-0.2, 0) is 16.2 Å². The SMILES string of the molecule is CCCCC1(CC)CC2N(c3ccccc3)N=C3c4ccc(C(C)(C)C)cc4-c4cc(C(C)(C)C)cc1c4N32. The summed E-state index contributed by atoms with van der Waals surface area (Å²) < 4.78 is 0. The largest absolute Gasteiger partial charge is 0.301 e. The van der Waals surface area contributed by atoms with Crippen LogP contribution in [-0.4, -0.2) is 12.0 Å². The number of fused-ring (bicyclic) bond motifs is 3. The molecule has 3 heterocycles. The molecular weight excluding hydrogens is 474 g/mol. The molecule has 3 aliphatic heterocycles. The molecule has 39 heavy (non-hydrogen) atoms. The van der Waals surface area contributed by atoms with Gasteiger partial charge in [-0.2, -0.15) is 5.10 Å². The second kappa shape index (κ2) is 8.98. The number of rotatable bonds is 5. The van der Waals surface area contributed by atoms with Crippen molar-refractivity contribution in [2.75, 3.05) is 9.91 Å². The molecule has 2 atom stereocenters. The quantitative estimate of drug-likeness (QED) is 0.334. The predicted molar refractivity (Wildman–Crippen MR) is 167 cm³/mol. The molecule has 0 radical (unpaired) electrons. The highest BCUT2D eigenvalue weighted by Crippen LogP contribution is 2.57. The van der Waals surface area contributed by atoms with Crippen LogP contribution in [0.1, 0.15) is 110 Å². The van der Waals surface area contributed by atoms with Gasteiger partial charge in [0.1, 0.15) is 6.17 Å². The number of anilines is 2. The zero-order chi connectivity index (χ0) is 27.7. The third-order valence-electron chi connectivity index (χ3n) is 9.50. The van der Waals surface area contributed by atoms with Crippen LogP contribution < -0.4 is 9.91 Å². The molecule has 0 saturated heterocycles. The average molecular weight is 520 g/mol. The summed E-state index contributed by atoms with van der Waals surface area (Å²) in [5.74, 6) is 1.11. The predicted octanol–water partition coefficient (Wildman–Crippen LogP) is 9.52. The van der Waals surface area contributed by atoms with Crippen LogP contribution in [0, 0.1) is 0 Å². The first-order chi connectivity index (χ1) is 18.5. The lowest BCUT2D eigenvalue weighted by atomic mass is 9.65. The molecule has 0 fully saturated rings. The molecule has 3 aromatic carbocycles. The van der Waals surface area contributed by atoms with Crippen LogP contribution in [0.25, 0.3) is 11.1 Å². The summed E-state index contributed by atoms with van der Waals surface area (Å²) in [4.78, 5) is 2.60. The number of nitrogens with zero attached hydrogens (tertiary/aromatic N) is 3. The van der Waals surface area contributed by atoms with E-state index in [1.165, 1.54) is 58.5 Å². The Bertz CT molecular complexity index is 1440. The molecule has 2 unspecified atom stereocenters. The van der Waals surface area contributed by atoms with Gasteiger partial charge < -0.3 is 4.90 Å². The Morgan fingerprint density at radius 1 is 0.821 bits per heavy atom. The zero-order valence-electron chi connectivity index (χ0n) is 25.2. The standard InChI is InChI=1S/C36H45N3/c1-9-11-19-36(10-2)23-31-38-32-29(21-25(22-30(32)36)35(6,7)8)28-20-24(34(3,4)5)17-18-27(28)33(38)37-39(31)26-15-13-12-14-16-26/h12-18,20-22,31H,9-11,19,23H2,1-8H3. The number of para-hydroxylation sites is 1. The van der Waals surface area contributed by atoms with Crippen LogP contribution in [0.5, 0.6) is 0 Å². The number of hydrogen-bond acceptors (Lipinski definition) is 3. The van der Waals surface area contributed by atoms with E-state index in [4.69, 9.17) is 5.10 Å². The van der Waals surface area contributed by atoms with E-state index in [0.717, 1.165) is 18.7 Å². The fraction of sp³-hybridized carbons (Fsp3) is 0.472. The number of benzene rings is 3. The van der Waals surface area contributed by atoms with E-state index >= 15 is 0 Å². The third kappa shape index (κ3) is 4.03. The van der Waals surface area contributed by atoms with Crippen molar-refractivity contribution in [3.63, 3.8) is 0 Å². The van der Waals surface area contributed by atoms with E-state index in [1.54, 1.807) is 5.56 Å². The molecule has 3 aromatic rings. The van der Waals surface area contributed by atoms with Crippen molar-refractivity contribution in [3.05, 3.63) is 82.9 Å². The smallest absolute Gasteiger partial charge is 0.163 e. The minimum atomic E-state index is 0.0733. The van der Waals surface area contributed by atoms with Gasteiger partial charge in [-0.05, 0) is 76.6 Å². The number of hydrazone groups is 1.